The van der Waals surface area contributed by atoms with Gasteiger partial charge in [0.25, 0.3) is 5.91 Å². The number of amides is 2. The van der Waals surface area contributed by atoms with Crippen LogP contribution < -0.4 is 10.2 Å². The second kappa shape index (κ2) is 12.6. The number of carbonyl (C=O) groups is 3. The maximum atomic E-state index is 12.8. The average Bonchev–Trinajstić information content (AvgIpc) is 2.92. The van der Waals surface area contributed by atoms with Gasteiger partial charge in [-0.1, -0.05) is 83.9 Å². The molecule has 0 radical (unpaired) electrons. The van der Waals surface area contributed by atoms with Gasteiger partial charge < -0.3 is 15.3 Å². The van der Waals surface area contributed by atoms with E-state index in [2.05, 4.69) is 5.32 Å². The number of carbonyl (C=O) groups excluding carboxylic acids is 2. The lowest BCUT2D eigenvalue weighted by molar-refractivity contribution is -0.138. The van der Waals surface area contributed by atoms with Crippen LogP contribution in [0.5, 0.6) is 0 Å². The summed E-state index contributed by atoms with van der Waals surface area (Å²) in [6, 6.07) is 28.2. The number of nitrogens with one attached hydrogen (secondary N) is 1. The first kappa shape index (κ1) is 27.9. The van der Waals surface area contributed by atoms with E-state index in [-0.39, 0.29) is 34.4 Å². The summed E-state index contributed by atoms with van der Waals surface area (Å²) in [5, 5.41) is 13.3. The molecule has 198 valence electrons. The van der Waals surface area contributed by atoms with Crippen LogP contribution in [0.25, 0.3) is 0 Å². The summed E-state index contributed by atoms with van der Waals surface area (Å²) in [5.74, 6) is -2.34. The molecule has 0 fully saturated rings. The third-order valence-electron chi connectivity index (χ3n) is 6.37. The van der Waals surface area contributed by atoms with Crippen LogP contribution in [0.3, 0.4) is 0 Å². The number of hydrogen-bond donors (Lipinski definition) is 2. The van der Waals surface area contributed by atoms with Gasteiger partial charge in [-0.2, -0.15) is 0 Å². The Morgan fingerprint density at radius 1 is 0.821 bits per heavy atom. The van der Waals surface area contributed by atoms with Gasteiger partial charge in [0.05, 0.1) is 27.9 Å². The summed E-state index contributed by atoms with van der Waals surface area (Å²) in [6.45, 7) is 0. The number of halogens is 2. The molecule has 1 atom stereocenters. The lowest BCUT2D eigenvalue weighted by Crippen LogP contribution is -2.28. The van der Waals surface area contributed by atoms with Gasteiger partial charge in [0, 0.05) is 18.4 Å². The van der Waals surface area contributed by atoms with E-state index >= 15 is 0 Å². The van der Waals surface area contributed by atoms with Crippen molar-refractivity contribution >= 4 is 52.4 Å². The van der Waals surface area contributed by atoms with Gasteiger partial charge in [0.15, 0.2) is 0 Å². The first-order valence-electron chi connectivity index (χ1n) is 12.2. The Hall–Kier alpha value is -4.13. The molecule has 0 aromatic heterocycles. The van der Waals surface area contributed by atoms with Crippen molar-refractivity contribution in [2.24, 2.45) is 0 Å². The number of aliphatic carboxylic acids is 1. The number of rotatable bonds is 9. The van der Waals surface area contributed by atoms with Crippen LogP contribution in [0.2, 0.25) is 10.0 Å². The van der Waals surface area contributed by atoms with Crippen LogP contribution in [-0.2, 0) is 22.4 Å². The van der Waals surface area contributed by atoms with Crippen LogP contribution in [0.1, 0.15) is 33.0 Å². The number of anilines is 2. The number of hydrogen-bond acceptors (Lipinski definition) is 3. The van der Waals surface area contributed by atoms with E-state index in [9.17, 15) is 19.5 Å². The highest BCUT2D eigenvalue weighted by Crippen LogP contribution is 2.28. The molecule has 2 amide bonds. The van der Waals surface area contributed by atoms with Gasteiger partial charge in [0.2, 0.25) is 5.91 Å². The monoisotopic (exact) mass is 560 g/mol. The zero-order valence-electron chi connectivity index (χ0n) is 21.1. The van der Waals surface area contributed by atoms with Crippen molar-refractivity contribution in [2.45, 2.75) is 18.8 Å². The van der Waals surface area contributed by atoms with Crippen LogP contribution in [-0.4, -0.2) is 29.9 Å². The fraction of sp³-hybridized carbons (Fsp3) is 0.129. The van der Waals surface area contributed by atoms with Crippen molar-refractivity contribution in [3.05, 3.63) is 129 Å². The second-order valence-electron chi connectivity index (χ2n) is 9.05. The minimum atomic E-state index is -0.976. The molecule has 0 heterocycles. The number of benzene rings is 4. The molecule has 39 heavy (non-hydrogen) atoms. The smallest absolute Gasteiger partial charge is 0.311 e. The van der Waals surface area contributed by atoms with Crippen molar-refractivity contribution in [1.82, 2.24) is 0 Å². The summed E-state index contributed by atoms with van der Waals surface area (Å²) in [5.41, 5.74) is 3.59. The van der Waals surface area contributed by atoms with Crippen molar-refractivity contribution < 1.29 is 19.5 Å². The largest absolute Gasteiger partial charge is 0.481 e. The minimum Gasteiger partial charge on any atom is -0.481 e. The molecule has 0 aliphatic heterocycles. The fourth-order valence-corrected chi connectivity index (χ4v) is 4.77. The summed E-state index contributed by atoms with van der Waals surface area (Å²) in [4.78, 5) is 39.2. The summed E-state index contributed by atoms with van der Waals surface area (Å²) in [6.07, 6.45) is 0.473. The van der Waals surface area contributed by atoms with Gasteiger partial charge >= 0.3 is 5.97 Å². The molecule has 4 aromatic rings. The number of carboxylic acids is 1. The lowest BCUT2D eigenvalue weighted by atomic mass is 9.91. The Morgan fingerprint density at radius 2 is 1.46 bits per heavy atom. The molecule has 0 aliphatic carbocycles. The topological polar surface area (TPSA) is 86.7 Å². The van der Waals surface area contributed by atoms with E-state index in [1.165, 1.54) is 4.90 Å². The predicted octanol–water partition coefficient (Wildman–Crippen LogP) is 6.86. The Labute approximate surface area is 236 Å². The fourth-order valence-electron chi connectivity index (χ4n) is 4.20. The first-order chi connectivity index (χ1) is 18.7. The lowest BCUT2D eigenvalue weighted by Gasteiger charge is -2.20. The number of likely N-dealkylation sites (N-methyl/N-ethyl adjacent to an activating group) is 1. The zero-order valence-corrected chi connectivity index (χ0v) is 22.6. The van der Waals surface area contributed by atoms with E-state index in [0.717, 1.165) is 11.1 Å². The molecule has 4 rings (SSSR count). The highest BCUT2D eigenvalue weighted by Gasteiger charge is 2.22. The molecule has 6 nitrogen and oxygen atoms in total. The van der Waals surface area contributed by atoms with Crippen LogP contribution >= 0.6 is 23.2 Å². The summed E-state index contributed by atoms with van der Waals surface area (Å²) >= 11 is 12.2. The number of carboxylic acid groups (broad SMARTS) is 1. The van der Waals surface area contributed by atoms with E-state index in [0.29, 0.717) is 16.9 Å². The Morgan fingerprint density at radius 3 is 2.10 bits per heavy atom. The molecule has 0 aliphatic rings. The van der Waals surface area contributed by atoms with E-state index < -0.39 is 17.8 Å². The normalized spacial score (nSPS) is 11.5. The zero-order chi connectivity index (χ0) is 27.9. The third kappa shape index (κ3) is 7.05. The molecule has 0 saturated carbocycles. The first-order valence-corrected chi connectivity index (χ1v) is 13.0. The van der Waals surface area contributed by atoms with Crippen LogP contribution in [0.4, 0.5) is 11.4 Å². The molecule has 1 unspecified atom stereocenters. The molecule has 8 heteroatoms. The Bertz CT molecular complexity index is 1470. The van der Waals surface area contributed by atoms with Crippen molar-refractivity contribution in [1.29, 1.82) is 0 Å². The highest BCUT2D eigenvalue weighted by molar-refractivity contribution is 6.40. The third-order valence-corrected chi connectivity index (χ3v) is 7.00. The molecular weight excluding hydrogens is 535 g/mol. The van der Waals surface area contributed by atoms with Gasteiger partial charge in [-0.05, 0) is 59.5 Å². The average molecular weight is 561 g/mol. The summed E-state index contributed by atoms with van der Waals surface area (Å²) in [7, 11) is 1.68. The summed E-state index contributed by atoms with van der Waals surface area (Å²) < 4.78 is 0. The standard InChI is InChI=1S/C31H26Cl2N2O4/c1-35(28(36)18-20-7-3-2-4-8-20)24-10-5-9-22(19-24)25(31(38)39)17-21-13-15-23(16-14-21)34-30(37)29-26(32)11-6-12-27(29)33/h2-16,19,25H,17-18H2,1H3,(H,34,37)(H,38,39). The van der Waals surface area contributed by atoms with E-state index in [4.69, 9.17) is 23.2 Å². The van der Waals surface area contributed by atoms with Gasteiger partial charge in [-0.15, -0.1) is 0 Å². The minimum absolute atomic E-state index is 0.0964. The van der Waals surface area contributed by atoms with Crippen LogP contribution in [0, 0.1) is 0 Å². The second-order valence-corrected chi connectivity index (χ2v) is 9.87. The molecule has 0 bridgehead atoms. The molecule has 0 saturated heterocycles. The maximum Gasteiger partial charge on any atom is 0.311 e. The van der Waals surface area contributed by atoms with Crippen LogP contribution in [0.15, 0.2) is 97.1 Å². The van der Waals surface area contributed by atoms with E-state index in [1.807, 2.05) is 30.3 Å². The number of nitrogens with zero attached hydrogens (tertiary/aromatic N) is 1. The van der Waals surface area contributed by atoms with Gasteiger partial charge in [-0.25, -0.2) is 0 Å². The highest BCUT2D eigenvalue weighted by atomic mass is 35.5. The van der Waals surface area contributed by atoms with Gasteiger partial charge in [-0.3, -0.25) is 14.4 Å². The van der Waals surface area contributed by atoms with E-state index in [1.54, 1.807) is 73.8 Å². The SMILES string of the molecule is CN(C(=O)Cc1ccccc1)c1cccc(C(Cc2ccc(NC(=O)c3c(Cl)cccc3Cl)cc2)C(=O)O)c1. The molecule has 0 spiro atoms. The quantitative estimate of drug-likeness (QED) is 0.234. The predicted molar refractivity (Wildman–Crippen MR) is 155 cm³/mol. The molecular formula is C31H26Cl2N2O4. The molecule has 4 aromatic carbocycles. The van der Waals surface area contributed by atoms with Crippen molar-refractivity contribution in [2.75, 3.05) is 17.3 Å². The Kier molecular flexibility index (Phi) is 9.02. The van der Waals surface area contributed by atoms with Gasteiger partial charge in [0.1, 0.15) is 0 Å². The van der Waals surface area contributed by atoms with Crippen molar-refractivity contribution in [3.63, 3.8) is 0 Å². The maximum absolute atomic E-state index is 12.8. The Balaban J connectivity index is 1.46. The molecule has 2 N–H and O–H groups in total. The van der Waals surface area contributed by atoms with Crippen molar-refractivity contribution in [3.8, 4) is 0 Å².